The fourth-order valence-electron chi connectivity index (χ4n) is 4.68. The van der Waals surface area contributed by atoms with Gasteiger partial charge in [-0.05, 0) is 47.7 Å². The van der Waals surface area contributed by atoms with E-state index in [9.17, 15) is 4.79 Å². The summed E-state index contributed by atoms with van der Waals surface area (Å²) in [5.74, 6) is 1.30. The van der Waals surface area contributed by atoms with Crippen molar-refractivity contribution in [2.45, 2.75) is 31.3 Å². The average Bonchev–Trinajstić information content (AvgIpc) is 3.38. The molecule has 0 bridgehead atoms. The Balaban J connectivity index is 1.39. The van der Waals surface area contributed by atoms with Crippen LogP contribution in [0.5, 0.6) is 11.5 Å². The van der Waals surface area contributed by atoms with Crippen LogP contribution in [0.2, 0.25) is 10.0 Å². The molecular formula is C26H22Cl2O4. The third kappa shape index (κ3) is 3.82. The SMILES string of the molecule is COC(=O)CC1COc2cc(O[C@@H]3CCc4c(-c5c(Cl)cccc5Cl)cccc43)ccc21. The van der Waals surface area contributed by atoms with Crippen molar-refractivity contribution in [3.8, 4) is 22.6 Å². The number of ether oxygens (including phenoxy) is 3. The lowest BCUT2D eigenvalue weighted by molar-refractivity contribution is -0.141. The molecule has 6 heteroatoms. The molecule has 3 aromatic rings. The van der Waals surface area contributed by atoms with Gasteiger partial charge in [-0.15, -0.1) is 0 Å². The first-order valence-corrected chi connectivity index (χ1v) is 11.4. The number of carbonyl (C=O) groups excluding carboxylic acids is 1. The minimum Gasteiger partial charge on any atom is -0.492 e. The highest BCUT2D eigenvalue weighted by Crippen LogP contribution is 2.45. The Labute approximate surface area is 197 Å². The summed E-state index contributed by atoms with van der Waals surface area (Å²) in [7, 11) is 1.40. The molecule has 0 spiro atoms. The lowest BCUT2D eigenvalue weighted by atomic mass is 9.96. The van der Waals surface area contributed by atoms with Crippen molar-refractivity contribution < 1.29 is 19.0 Å². The van der Waals surface area contributed by atoms with Crippen LogP contribution in [0.25, 0.3) is 11.1 Å². The summed E-state index contributed by atoms with van der Waals surface area (Å²) >= 11 is 13.0. The molecule has 1 heterocycles. The number of hydrogen-bond acceptors (Lipinski definition) is 4. The highest BCUT2D eigenvalue weighted by Gasteiger charge is 2.30. The molecule has 0 N–H and O–H groups in total. The molecule has 2 aliphatic rings. The molecule has 5 rings (SSSR count). The zero-order valence-corrected chi connectivity index (χ0v) is 19.1. The molecule has 1 aliphatic carbocycles. The van der Waals surface area contributed by atoms with Crippen molar-refractivity contribution in [1.82, 2.24) is 0 Å². The molecule has 1 aliphatic heterocycles. The van der Waals surface area contributed by atoms with E-state index in [1.807, 2.05) is 42.5 Å². The third-order valence-corrected chi connectivity index (χ3v) is 6.86. The summed E-state index contributed by atoms with van der Waals surface area (Å²) < 4.78 is 17.0. The van der Waals surface area contributed by atoms with E-state index in [1.165, 1.54) is 12.7 Å². The Hall–Kier alpha value is -2.69. The van der Waals surface area contributed by atoms with Gasteiger partial charge in [0.05, 0.1) is 20.1 Å². The number of carbonyl (C=O) groups is 1. The smallest absolute Gasteiger partial charge is 0.306 e. The maximum absolute atomic E-state index is 11.6. The van der Waals surface area contributed by atoms with Crippen LogP contribution in [0.15, 0.2) is 54.6 Å². The summed E-state index contributed by atoms with van der Waals surface area (Å²) in [6.45, 7) is 0.474. The predicted octanol–water partition coefficient (Wildman–Crippen LogP) is 6.77. The maximum atomic E-state index is 11.6. The van der Waals surface area contributed by atoms with Gasteiger partial charge in [0.1, 0.15) is 17.6 Å². The van der Waals surface area contributed by atoms with Crippen LogP contribution in [0.3, 0.4) is 0 Å². The topological polar surface area (TPSA) is 44.8 Å². The normalized spacial score (nSPS) is 18.6. The van der Waals surface area contributed by atoms with Crippen molar-refractivity contribution in [3.05, 3.63) is 81.3 Å². The van der Waals surface area contributed by atoms with E-state index in [1.54, 1.807) is 0 Å². The zero-order valence-electron chi connectivity index (χ0n) is 17.6. The van der Waals surface area contributed by atoms with E-state index in [-0.39, 0.29) is 18.0 Å². The average molecular weight is 469 g/mol. The Bertz CT molecular complexity index is 1170. The van der Waals surface area contributed by atoms with Gasteiger partial charge in [-0.3, -0.25) is 4.79 Å². The number of esters is 1. The van der Waals surface area contributed by atoms with E-state index in [2.05, 4.69) is 12.1 Å². The Morgan fingerprint density at radius 3 is 2.62 bits per heavy atom. The molecule has 164 valence electrons. The van der Waals surface area contributed by atoms with Gasteiger partial charge < -0.3 is 14.2 Å². The molecule has 2 atom stereocenters. The van der Waals surface area contributed by atoms with Crippen LogP contribution in [0, 0.1) is 0 Å². The number of benzene rings is 3. The van der Waals surface area contributed by atoms with E-state index < -0.39 is 0 Å². The van der Waals surface area contributed by atoms with E-state index in [0.717, 1.165) is 46.6 Å². The minimum absolute atomic E-state index is 0.0154. The van der Waals surface area contributed by atoms with Crippen LogP contribution in [-0.2, 0) is 16.0 Å². The van der Waals surface area contributed by atoms with Gasteiger partial charge >= 0.3 is 5.97 Å². The first-order chi connectivity index (χ1) is 15.5. The number of methoxy groups -OCH3 is 1. The molecule has 0 aromatic heterocycles. The van der Waals surface area contributed by atoms with Gasteiger partial charge in [0.15, 0.2) is 0 Å². The molecule has 0 amide bonds. The summed E-state index contributed by atoms with van der Waals surface area (Å²) in [5, 5.41) is 1.29. The minimum atomic E-state index is -0.233. The van der Waals surface area contributed by atoms with Crippen LogP contribution in [0.1, 0.15) is 41.6 Å². The molecule has 0 fully saturated rings. The summed E-state index contributed by atoms with van der Waals surface area (Å²) in [4.78, 5) is 11.6. The molecule has 3 aromatic carbocycles. The highest BCUT2D eigenvalue weighted by atomic mass is 35.5. The Kier molecular flexibility index (Phi) is 5.75. The molecule has 4 nitrogen and oxygen atoms in total. The molecular weight excluding hydrogens is 447 g/mol. The summed E-state index contributed by atoms with van der Waals surface area (Å²) in [5.41, 5.74) is 5.33. The summed E-state index contributed by atoms with van der Waals surface area (Å²) in [6.07, 6.45) is 2.02. The second-order valence-corrected chi connectivity index (χ2v) is 8.92. The monoisotopic (exact) mass is 468 g/mol. The van der Waals surface area contributed by atoms with Gasteiger partial charge in [-0.1, -0.05) is 53.5 Å². The van der Waals surface area contributed by atoms with Crippen molar-refractivity contribution >= 4 is 29.2 Å². The van der Waals surface area contributed by atoms with Crippen molar-refractivity contribution in [2.75, 3.05) is 13.7 Å². The first kappa shape index (κ1) is 21.2. The lowest BCUT2D eigenvalue weighted by Gasteiger charge is -2.17. The largest absolute Gasteiger partial charge is 0.492 e. The lowest BCUT2D eigenvalue weighted by Crippen LogP contribution is -2.09. The summed E-state index contributed by atoms with van der Waals surface area (Å²) in [6, 6.07) is 17.6. The van der Waals surface area contributed by atoms with Gasteiger partial charge in [0.25, 0.3) is 0 Å². The predicted molar refractivity (Wildman–Crippen MR) is 125 cm³/mol. The van der Waals surface area contributed by atoms with Crippen LogP contribution in [0.4, 0.5) is 0 Å². The highest BCUT2D eigenvalue weighted by molar-refractivity contribution is 6.39. The van der Waals surface area contributed by atoms with Crippen LogP contribution < -0.4 is 9.47 Å². The van der Waals surface area contributed by atoms with Crippen molar-refractivity contribution in [3.63, 3.8) is 0 Å². The van der Waals surface area contributed by atoms with E-state index in [4.69, 9.17) is 37.4 Å². The quantitative estimate of drug-likeness (QED) is 0.387. The molecule has 0 saturated heterocycles. The van der Waals surface area contributed by atoms with Gasteiger partial charge in [-0.25, -0.2) is 0 Å². The standard InChI is InChI=1S/C26H22Cl2O4/c1-30-25(29)12-15-14-31-24-13-16(8-9-17(15)24)32-23-11-10-18-19(23)4-2-5-20(18)26-21(27)6-3-7-22(26)28/h2-9,13,15,23H,10-12,14H2,1H3/t15?,23-/m1/s1. The first-order valence-electron chi connectivity index (χ1n) is 10.6. The van der Waals surface area contributed by atoms with Gasteiger partial charge in [-0.2, -0.15) is 0 Å². The second-order valence-electron chi connectivity index (χ2n) is 8.10. The molecule has 32 heavy (non-hydrogen) atoms. The maximum Gasteiger partial charge on any atom is 0.306 e. The van der Waals surface area contributed by atoms with Gasteiger partial charge in [0.2, 0.25) is 0 Å². The van der Waals surface area contributed by atoms with Crippen molar-refractivity contribution in [1.29, 1.82) is 0 Å². The van der Waals surface area contributed by atoms with E-state index in [0.29, 0.717) is 23.1 Å². The van der Waals surface area contributed by atoms with Crippen LogP contribution >= 0.6 is 23.2 Å². The number of rotatable bonds is 5. The zero-order chi connectivity index (χ0) is 22.2. The number of halogens is 2. The van der Waals surface area contributed by atoms with Crippen LogP contribution in [-0.4, -0.2) is 19.7 Å². The van der Waals surface area contributed by atoms with Gasteiger partial charge in [0, 0.05) is 33.2 Å². The fraction of sp³-hybridized carbons (Fsp3) is 0.269. The molecule has 1 unspecified atom stereocenters. The second kappa shape index (κ2) is 8.68. The Morgan fingerprint density at radius 2 is 1.84 bits per heavy atom. The Morgan fingerprint density at radius 1 is 1.06 bits per heavy atom. The third-order valence-electron chi connectivity index (χ3n) is 6.23. The van der Waals surface area contributed by atoms with E-state index >= 15 is 0 Å². The van der Waals surface area contributed by atoms with Crippen molar-refractivity contribution in [2.24, 2.45) is 0 Å². The number of hydrogen-bond donors (Lipinski definition) is 0. The molecule has 0 saturated carbocycles. The number of fused-ring (bicyclic) bond motifs is 2. The fourth-order valence-corrected chi connectivity index (χ4v) is 5.28. The molecule has 0 radical (unpaired) electrons.